The molecular formula is C16H23N3O. The standard InChI is InChI=1S/C16H23N3O/c1-5-16(17,6-2)15-18-14(20-19-15)10-13-9-11(3)7-8-12(13)4/h7-9H,5-6,10,17H2,1-4H3. The number of aryl methyl sites for hydroxylation is 2. The molecule has 4 nitrogen and oxygen atoms in total. The topological polar surface area (TPSA) is 64.9 Å². The Hall–Kier alpha value is -1.68. The normalized spacial score (nSPS) is 11.8. The van der Waals surface area contributed by atoms with Crippen LogP contribution >= 0.6 is 0 Å². The predicted octanol–water partition coefficient (Wildman–Crippen LogP) is 3.25. The van der Waals surface area contributed by atoms with E-state index in [0.717, 1.165) is 12.8 Å². The van der Waals surface area contributed by atoms with Crippen LogP contribution in [0.3, 0.4) is 0 Å². The fraction of sp³-hybridized carbons (Fsp3) is 0.500. The van der Waals surface area contributed by atoms with Crippen LogP contribution in [0.15, 0.2) is 22.7 Å². The van der Waals surface area contributed by atoms with Gasteiger partial charge in [-0.25, -0.2) is 0 Å². The van der Waals surface area contributed by atoms with Gasteiger partial charge in [0.05, 0.1) is 12.0 Å². The van der Waals surface area contributed by atoms with Crippen LogP contribution in [0.2, 0.25) is 0 Å². The van der Waals surface area contributed by atoms with E-state index in [0.29, 0.717) is 18.1 Å². The molecule has 1 heterocycles. The molecule has 20 heavy (non-hydrogen) atoms. The predicted molar refractivity (Wildman–Crippen MR) is 79.5 cm³/mol. The summed E-state index contributed by atoms with van der Waals surface area (Å²) in [6.07, 6.45) is 2.25. The Balaban J connectivity index is 2.24. The zero-order valence-corrected chi connectivity index (χ0v) is 12.7. The highest BCUT2D eigenvalue weighted by Gasteiger charge is 2.28. The van der Waals surface area contributed by atoms with Crippen molar-refractivity contribution in [2.24, 2.45) is 5.73 Å². The zero-order chi connectivity index (χ0) is 14.8. The number of benzene rings is 1. The van der Waals surface area contributed by atoms with Crippen LogP contribution in [0, 0.1) is 13.8 Å². The Bertz CT molecular complexity index is 585. The molecule has 0 aliphatic carbocycles. The molecule has 0 atom stereocenters. The average Bonchev–Trinajstić information content (AvgIpc) is 2.91. The van der Waals surface area contributed by atoms with Gasteiger partial charge in [-0.3, -0.25) is 0 Å². The van der Waals surface area contributed by atoms with Crippen molar-refractivity contribution in [3.05, 3.63) is 46.6 Å². The zero-order valence-electron chi connectivity index (χ0n) is 12.7. The summed E-state index contributed by atoms with van der Waals surface area (Å²) in [6, 6.07) is 6.39. The van der Waals surface area contributed by atoms with Gasteiger partial charge in [0.15, 0.2) is 5.82 Å². The first kappa shape index (κ1) is 14.7. The molecule has 4 heteroatoms. The molecule has 2 aromatic rings. The molecule has 0 aliphatic heterocycles. The third-order valence-electron chi connectivity index (χ3n) is 4.02. The SMILES string of the molecule is CCC(N)(CC)c1noc(Cc2cc(C)ccc2C)n1. The minimum Gasteiger partial charge on any atom is -0.339 e. The Morgan fingerprint density at radius 3 is 2.55 bits per heavy atom. The van der Waals surface area contributed by atoms with Crippen LogP contribution in [0.25, 0.3) is 0 Å². The summed E-state index contributed by atoms with van der Waals surface area (Å²) in [4.78, 5) is 4.49. The summed E-state index contributed by atoms with van der Waals surface area (Å²) in [6.45, 7) is 8.27. The Kier molecular flexibility index (Phi) is 4.23. The minimum absolute atomic E-state index is 0.483. The molecule has 0 bridgehead atoms. The highest BCUT2D eigenvalue weighted by Crippen LogP contribution is 2.23. The largest absolute Gasteiger partial charge is 0.339 e. The molecule has 1 aromatic carbocycles. The van der Waals surface area contributed by atoms with Gasteiger partial charge in [0, 0.05) is 0 Å². The van der Waals surface area contributed by atoms with Crippen molar-refractivity contribution in [3.63, 3.8) is 0 Å². The lowest BCUT2D eigenvalue weighted by Crippen LogP contribution is -2.36. The molecule has 0 radical (unpaired) electrons. The van der Waals surface area contributed by atoms with E-state index >= 15 is 0 Å². The molecule has 0 saturated carbocycles. The van der Waals surface area contributed by atoms with Crippen LogP contribution in [0.1, 0.15) is 55.1 Å². The molecule has 0 aliphatic rings. The van der Waals surface area contributed by atoms with Crippen molar-refractivity contribution >= 4 is 0 Å². The fourth-order valence-electron chi connectivity index (χ4n) is 2.25. The molecule has 108 valence electrons. The van der Waals surface area contributed by atoms with Gasteiger partial charge in [-0.15, -0.1) is 0 Å². The van der Waals surface area contributed by atoms with E-state index < -0.39 is 5.54 Å². The fourth-order valence-corrected chi connectivity index (χ4v) is 2.25. The Labute approximate surface area is 120 Å². The second-order valence-electron chi connectivity index (χ2n) is 5.48. The summed E-state index contributed by atoms with van der Waals surface area (Å²) < 4.78 is 5.37. The second kappa shape index (κ2) is 5.75. The van der Waals surface area contributed by atoms with E-state index in [9.17, 15) is 0 Å². The lowest BCUT2D eigenvalue weighted by molar-refractivity contribution is 0.337. The van der Waals surface area contributed by atoms with Crippen LogP contribution in [-0.4, -0.2) is 10.1 Å². The number of aromatic nitrogens is 2. The minimum atomic E-state index is -0.483. The molecule has 2 N–H and O–H groups in total. The molecule has 1 aromatic heterocycles. The Morgan fingerprint density at radius 1 is 1.20 bits per heavy atom. The molecule has 0 fully saturated rings. The molecule has 0 unspecified atom stereocenters. The highest BCUT2D eigenvalue weighted by molar-refractivity contribution is 5.32. The third kappa shape index (κ3) is 2.90. The molecular weight excluding hydrogens is 250 g/mol. The monoisotopic (exact) mass is 273 g/mol. The van der Waals surface area contributed by atoms with Crippen LogP contribution < -0.4 is 5.73 Å². The average molecular weight is 273 g/mol. The molecule has 0 saturated heterocycles. The summed E-state index contributed by atoms with van der Waals surface area (Å²) in [5, 5.41) is 4.07. The molecule has 0 spiro atoms. The van der Waals surface area contributed by atoms with Crippen LogP contribution in [-0.2, 0) is 12.0 Å². The molecule has 0 amide bonds. The summed E-state index contributed by atoms with van der Waals surface area (Å²) in [7, 11) is 0. The van der Waals surface area contributed by atoms with Gasteiger partial charge in [-0.05, 0) is 37.8 Å². The van der Waals surface area contributed by atoms with Gasteiger partial charge in [0.1, 0.15) is 0 Å². The van der Waals surface area contributed by atoms with Crippen molar-refractivity contribution in [2.75, 3.05) is 0 Å². The van der Waals surface area contributed by atoms with E-state index in [4.69, 9.17) is 10.3 Å². The Morgan fingerprint density at radius 2 is 1.90 bits per heavy atom. The smallest absolute Gasteiger partial charge is 0.231 e. The maximum Gasteiger partial charge on any atom is 0.231 e. The van der Waals surface area contributed by atoms with Gasteiger partial charge in [0.25, 0.3) is 0 Å². The van der Waals surface area contributed by atoms with Crippen LogP contribution in [0.5, 0.6) is 0 Å². The van der Waals surface area contributed by atoms with Gasteiger partial charge in [-0.2, -0.15) is 4.98 Å². The van der Waals surface area contributed by atoms with E-state index in [-0.39, 0.29) is 0 Å². The number of nitrogens with two attached hydrogens (primary N) is 1. The maximum absolute atomic E-state index is 6.29. The van der Waals surface area contributed by atoms with Crippen molar-refractivity contribution in [3.8, 4) is 0 Å². The van der Waals surface area contributed by atoms with Gasteiger partial charge in [0.2, 0.25) is 5.89 Å². The van der Waals surface area contributed by atoms with Crippen molar-refractivity contribution in [1.82, 2.24) is 10.1 Å². The van der Waals surface area contributed by atoms with E-state index in [1.54, 1.807) is 0 Å². The van der Waals surface area contributed by atoms with Crippen molar-refractivity contribution in [2.45, 2.75) is 52.5 Å². The summed E-state index contributed by atoms with van der Waals surface area (Å²) in [5.41, 5.74) is 9.50. The summed E-state index contributed by atoms with van der Waals surface area (Å²) >= 11 is 0. The number of rotatable bonds is 5. The first-order chi connectivity index (χ1) is 9.48. The van der Waals surface area contributed by atoms with Gasteiger partial charge in [-0.1, -0.05) is 42.8 Å². The van der Waals surface area contributed by atoms with E-state index in [1.807, 2.05) is 13.8 Å². The third-order valence-corrected chi connectivity index (χ3v) is 4.02. The lowest BCUT2D eigenvalue weighted by atomic mass is 9.93. The van der Waals surface area contributed by atoms with Gasteiger partial charge < -0.3 is 10.3 Å². The first-order valence-electron chi connectivity index (χ1n) is 7.16. The number of nitrogens with zero attached hydrogens (tertiary/aromatic N) is 2. The van der Waals surface area contributed by atoms with E-state index in [2.05, 4.69) is 42.2 Å². The molecule has 2 rings (SSSR count). The first-order valence-corrected chi connectivity index (χ1v) is 7.16. The maximum atomic E-state index is 6.29. The number of hydrogen-bond donors (Lipinski definition) is 1. The van der Waals surface area contributed by atoms with Crippen molar-refractivity contribution < 1.29 is 4.52 Å². The summed E-state index contributed by atoms with van der Waals surface area (Å²) in [5.74, 6) is 1.24. The highest BCUT2D eigenvalue weighted by atomic mass is 16.5. The van der Waals surface area contributed by atoms with Gasteiger partial charge >= 0.3 is 0 Å². The second-order valence-corrected chi connectivity index (χ2v) is 5.48. The lowest BCUT2D eigenvalue weighted by Gasteiger charge is -2.21. The quantitative estimate of drug-likeness (QED) is 0.908. The van der Waals surface area contributed by atoms with Crippen molar-refractivity contribution in [1.29, 1.82) is 0 Å². The van der Waals surface area contributed by atoms with E-state index in [1.165, 1.54) is 16.7 Å². The number of hydrogen-bond acceptors (Lipinski definition) is 4. The van der Waals surface area contributed by atoms with Crippen LogP contribution in [0.4, 0.5) is 0 Å².